The normalized spacial score (nSPS) is 15.9. The van der Waals surface area contributed by atoms with E-state index in [1.807, 2.05) is 0 Å². The number of aromatic nitrogens is 2. The van der Waals surface area contributed by atoms with Gasteiger partial charge in [-0.2, -0.15) is 0 Å². The second kappa shape index (κ2) is 5.83. The quantitative estimate of drug-likeness (QED) is 0.851. The van der Waals surface area contributed by atoms with Gasteiger partial charge in [-0.3, -0.25) is 10.1 Å². The Balaban J connectivity index is 1.64. The largest absolute Gasteiger partial charge is 0.480 e. The summed E-state index contributed by atoms with van der Waals surface area (Å²) in [5.41, 5.74) is 0.773. The summed E-state index contributed by atoms with van der Waals surface area (Å²) in [5, 5.41) is 20.6. The molecule has 1 fully saturated rings. The Morgan fingerprint density at radius 2 is 2.10 bits per heavy atom. The summed E-state index contributed by atoms with van der Waals surface area (Å²) in [5.74, 6) is 0.129. The van der Waals surface area contributed by atoms with Crippen molar-refractivity contribution < 1.29 is 14.3 Å². The lowest BCUT2D eigenvalue weighted by atomic mass is 10.2. The third-order valence-electron chi connectivity index (χ3n) is 3.39. The minimum absolute atomic E-state index is 0.209. The van der Waals surface area contributed by atoms with Crippen LogP contribution in [-0.2, 0) is 11.3 Å². The van der Waals surface area contributed by atoms with Crippen LogP contribution in [-0.4, -0.2) is 27.3 Å². The first-order valence-corrected chi connectivity index (χ1v) is 7.06. The molecule has 1 atom stereocenters. The molecule has 1 aliphatic rings. The zero-order valence-electron chi connectivity index (χ0n) is 11.1. The van der Waals surface area contributed by atoms with Gasteiger partial charge in [-0.15, -0.1) is 10.2 Å². The van der Waals surface area contributed by atoms with E-state index in [1.54, 1.807) is 24.3 Å². The van der Waals surface area contributed by atoms with Gasteiger partial charge in [-0.1, -0.05) is 11.6 Å². The minimum Gasteiger partial charge on any atom is -0.480 e. The molecule has 1 heterocycles. The van der Waals surface area contributed by atoms with Crippen LogP contribution in [0.2, 0.25) is 5.02 Å². The third-order valence-corrected chi connectivity index (χ3v) is 3.64. The van der Waals surface area contributed by atoms with Gasteiger partial charge in [0.05, 0.1) is 6.54 Å². The molecule has 1 aliphatic carbocycles. The Kier molecular flexibility index (Phi) is 3.90. The molecule has 0 aliphatic heterocycles. The molecule has 110 valence electrons. The van der Waals surface area contributed by atoms with Crippen LogP contribution in [0, 0.1) is 5.92 Å². The molecule has 0 amide bonds. The minimum atomic E-state index is -0.838. The maximum atomic E-state index is 11.1. The van der Waals surface area contributed by atoms with Gasteiger partial charge in [-0.05, 0) is 43.0 Å². The monoisotopic (exact) mass is 307 g/mol. The van der Waals surface area contributed by atoms with Gasteiger partial charge >= 0.3 is 5.97 Å². The van der Waals surface area contributed by atoms with Crippen LogP contribution in [0.3, 0.4) is 0 Å². The summed E-state index contributed by atoms with van der Waals surface area (Å²) in [6.45, 7) is 0.244. The highest BCUT2D eigenvalue weighted by atomic mass is 35.5. The molecule has 1 aromatic heterocycles. The van der Waals surface area contributed by atoms with Crippen molar-refractivity contribution in [2.45, 2.75) is 25.4 Å². The van der Waals surface area contributed by atoms with Gasteiger partial charge in [0.2, 0.25) is 11.8 Å². The molecule has 2 N–H and O–H groups in total. The van der Waals surface area contributed by atoms with Crippen LogP contribution in [0.15, 0.2) is 28.7 Å². The van der Waals surface area contributed by atoms with Crippen molar-refractivity contribution >= 4 is 17.6 Å². The van der Waals surface area contributed by atoms with Crippen LogP contribution in [0.1, 0.15) is 18.7 Å². The standard InChI is InChI=1S/C14H14ClN3O3/c15-10-5-3-9(4-6-10)13-18-17-11(21-13)7-16-12(14(19)20)8-1-2-8/h3-6,8,12,16H,1-2,7H2,(H,19,20). The Morgan fingerprint density at radius 1 is 1.38 bits per heavy atom. The summed E-state index contributed by atoms with van der Waals surface area (Å²) in [6.07, 6.45) is 1.90. The van der Waals surface area contributed by atoms with Crippen LogP contribution in [0.25, 0.3) is 11.5 Å². The lowest BCUT2D eigenvalue weighted by Crippen LogP contribution is -2.38. The van der Waals surface area contributed by atoms with E-state index in [4.69, 9.17) is 21.1 Å². The highest BCUT2D eigenvalue weighted by Gasteiger charge is 2.36. The number of rotatable bonds is 6. The topological polar surface area (TPSA) is 88.2 Å². The predicted octanol–water partition coefficient (Wildman–Crippen LogP) is 2.34. The number of hydrogen-bond acceptors (Lipinski definition) is 5. The van der Waals surface area contributed by atoms with Gasteiger partial charge in [0.1, 0.15) is 6.04 Å². The number of carbonyl (C=O) groups is 1. The highest BCUT2D eigenvalue weighted by Crippen LogP contribution is 2.32. The fourth-order valence-electron chi connectivity index (χ4n) is 2.12. The van der Waals surface area contributed by atoms with Crippen molar-refractivity contribution in [2.24, 2.45) is 5.92 Å². The van der Waals surface area contributed by atoms with Gasteiger partial charge in [-0.25, -0.2) is 0 Å². The Bertz CT molecular complexity index is 637. The fourth-order valence-corrected chi connectivity index (χ4v) is 2.24. The van der Waals surface area contributed by atoms with E-state index in [2.05, 4.69) is 15.5 Å². The van der Waals surface area contributed by atoms with E-state index in [9.17, 15) is 4.79 Å². The van der Waals surface area contributed by atoms with Crippen LogP contribution < -0.4 is 5.32 Å². The van der Waals surface area contributed by atoms with Gasteiger partial charge in [0, 0.05) is 10.6 Å². The number of carboxylic acid groups (broad SMARTS) is 1. The van der Waals surface area contributed by atoms with Crippen molar-refractivity contribution in [3.05, 3.63) is 35.2 Å². The molecule has 2 aromatic rings. The molecule has 0 radical (unpaired) electrons. The van der Waals surface area contributed by atoms with Crippen molar-refractivity contribution in [3.8, 4) is 11.5 Å². The maximum Gasteiger partial charge on any atom is 0.320 e. The average molecular weight is 308 g/mol. The first-order valence-electron chi connectivity index (χ1n) is 6.68. The Hall–Kier alpha value is -1.92. The Labute approximate surface area is 126 Å². The number of halogens is 1. The highest BCUT2D eigenvalue weighted by molar-refractivity contribution is 6.30. The molecule has 0 saturated heterocycles. The summed E-state index contributed by atoms with van der Waals surface area (Å²) in [6, 6.07) is 6.52. The number of benzene rings is 1. The van der Waals surface area contributed by atoms with Crippen molar-refractivity contribution in [1.82, 2.24) is 15.5 Å². The molecule has 1 unspecified atom stereocenters. The molecule has 21 heavy (non-hydrogen) atoms. The van der Waals surface area contributed by atoms with Gasteiger partial charge in [0.15, 0.2) is 0 Å². The van der Waals surface area contributed by atoms with E-state index in [0.717, 1.165) is 18.4 Å². The molecule has 1 saturated carbocycles. The molecular formula is C14H14ClN3O3. The second-order valence-corrected chi connectivity index (χ2v) is 5.48. The summed E-state index contributed by atoms with van der Waals surface area (Å²) >= 11 is 5.82. The third kappa shape index (κ3) is 3.40. The molecule has 7 heteroatoms. The van der Waals surface area contributed by atoms with Crippen molar-refractivity contribution in [2.75, 3.05) is 0 Å². The van der Waals surface area contributed by atoms with E-state index in [-0.39, 0.29) is 12.5 Å². The first-order chi connectivity index (χ1) is 10.1. The van der Waals surface area contributed by atoms with Crippen LogP contribution in [0.5, 0.6) is 0 Å². The molecule has 0 spiro atoms. The maximum absolute atomic E-state index is 11.1. The molecule has 0 bridgehead atoms. The van der Waals surface area contributed by atoms with E-state index < -0.39 is 12.0 Å². The van der Waals surface area contributed by atoms with E-state index in [1.165, 1.54) is 0 Å². The van der Waals surface area contributed by atoms with Gasteiger partial charge < -0.3 is 9.52 Å². The van der Waals surface area contributed by atoms with Crippen LogP contribution in [0.4, 0.5) is 0 Å². The average Bonchev–Trinajstić information content (AvgIpc) is 3.18. The molecule has 1 aromatic carbocycles. The number of nitrogens with zero attached hydrogens (tertiary/aromatic N) is 2. The number of nitrogens with one attached hydrogen (secondary N) is 1. The lowest BCUT2D eigenvalue weighted by molar-refractivity contribution is -0.140. The van der Waals surface area contributed by atoms with Gasteiger partial charge in [0.25, 0.3) is 0 Å². The molecule has 6 nitrogen and oxygen atoms in total. The summed E-state index contributed by atoms with van der Waals surface area (Å²) in [4.78, 5) is 11.1. The lowest BCUT2D eigenvalue weighted by Gasteiger charge is -2.11. The zero-order valence-corrected chi connectivity index (χ0v) is 11.9. The van der Waals surface area contributed by atoms with E-state index in [0.29, 0.717) is 16.8 Å². The SMILES string of the molecule is O=C(O)C(NCc1nnc(-c2ccc(Cl)cc2)o1)C1CC1. The predicted molar refractivity (Wildman–Crippen MR) is 75.7 cm³/mol. The molecule has 3 rings (SSSR count). The summed E-state index contributed by atoms with van der Waals surface area (Å²) in [7, 11) is 0. The number of aliphatic carboxylic acids is 1. The fraction of sp³-hybridized carbons (Fsp3) is 0.357. The first kappa shape index (κ1) is 14.0. The number of carboxylic acids is 1. The van der Waals surface area contributed by atoms with Crippen molar-refractivity contribution in [3.63, 3.8) is 0 Å². The number of hydrogen-bond donors (Lipinski definition) is 2. The molecular weight excluding hydrogens is 294 g/mol. The van der Waals surface area contributed by atoms with Crippen molar-refractivity contribution in [1.29, 1.82) is 0 Å². The zero-order chi connectivity index (χ0) is 14.8. The smallest absolute Gasteiger partial charge is 0.320 e. The summed E-state index contributed by atoms with van der Waals surface area (Å²) < 4.78 is 5.52. The Morgan fingerprint density at radius 3 is 2.71 bits per heavy atom. The second-order valence-electron chi connectivity index (χ2n) is 5.04. The van der Waals surface area contributed by atoms with Crippen LogP contribution >= 0.6 is 11.6 Å². The van der Waals surface area contributed by atoms with E-state index >= 15 is 0 Å².